The van der Waals surface area contributed by atoms with Crippen molar-refractivity contribution in [2.45, 2.75) is 0 Å². The van der Waals surface area contributed by atoms with Crippen LogP contribution >= 0.6 is 0 Å². The van der Waals surface area contributed by atoms with Crippen LogP contribution in [0.15, 0.2) is 148 Å². The summed E-state index contributed by atoms with van der Waals surface area (Å²) in [7, 11) is 0. The second kappa shape index (κ2) is 9.15. The Morgan fingerprint density at radius 3 is 1.96 bits per heavy atom. The van der Waals surface area contributed by atoms with E-state index in [1.54, 1.807) is 0 Å². The third-order valence-corrected chi connectivity index (χ3v) is 8.83. The molecule has 10 aromatic rings. The standard InChI is InChI=1S/C40H23N3O2/c1-2-10-24(11-3-1)37-39-38(29-14-6-9-17-33(29)45-39)42-40(41-37)25-18-20-26(21-19-25)43-30-15-7-4-12-27(30)35-31(43)22-23-34-36(35)28-13-5-8-16-32(28)44-34/h1-23H. The van der Waals surface area contributed by atoms with Crippen LogP contribution in [0.1, 0.15) is 0 Å². The molecule has 10 rings (SSSR count). The highest BCUT2D eigenvalue weighted by molar-refractivity contribution is 6.27. The lowest BCUT2D eigenvalue weighted by Crippen LogP contribution is -1.96. The summed E-state index contributed by atoms with van der Waals surface area (Å²) in [6.07, 6.45) is 0. The number of para-hydroxylation sites is 3. The van der Waals surface area contributed by atoms with E-state index in [4.69, 9.17) is 18.8 Å². The zero-order valence-electron chi connectivity index (χ0n) is 23.9. The molecular formula is C40H23N3O2. The molecule has 0 fully saturated rings. The molecule has 0 atom stereocenters. The average molecular weight is 578 g/mol. The number of aromatic nitrogens is 3. The maximum Gasteiger partial charge on any atom is 0.180 e. The minimum atomic E-state index is 0.660. The summed E-state index contributed by atoms with van der Waals surface area (Å²) < 4.78 is 14.9. The van der Waals surface area contributed by atoms with Gasteiger partial charge in [-0.15, -0.1) is 0 Å². The maximum absolute atomic E-state index is 6.30. The van der Waals surface area contributed by atoms with E-state index in [0.717, 1.165) is 72.0 Å². The van der Waals surface area contributed by atoms with Crippen LogP contribution in [-0.2, 0) is 0 Å². The quantitative estimate of drug-likeness (QED) is 0.210. The number of rotatable bonds is 3. The van der Waals surface area contributed by atoms with Gasteiger partial charge in [0.25, 0.3) is 0 Å². The van der Waals surface area contributed by atoms with E-state index in [2.05, 4.69) is 95.6 Å². The van der Waals surface area contributed by atoms with Crippen LogP contribution in [0.25, 0.3) is 94.1 Å². The number of hydrogen-bond donors (Lipinski definition) is 0. The fraction of sp³-hybridized carbons (Fsp3) is 0. The van der Waals surface area contributed by atoms with Crippen LogP contribution in [0, 0.1) is 0 Å². The zero-order valence-corrected chi connectivity index (χ0v) is 23.9. The normalized spacial score (nSPS) is 12.0. The Labute approximate surface area is 256 Å². The van der Waals surface area contributed by atoms with Crippen molar-refractivity contribution in [2.24, 2.45) is 0 Å². The molecule has 4 aromatic heterocycles. The SMILES string of the molecule is c1ccc(-c2nc(-c3ccc(-n4c5ccccc5c5c6c(ccc54)oc4ccccc46)cc3)nc3c2oc2ccccc23)cc1. The minimum absolute atomic E-state index is 0.660. The number of furan rings is 2. The Balaban J connectivity index is 1.18. The lowest BCUT2D eigenvalue weighted by Gasteiger charge is -2.10. The van der Waals surface area contributed by atoms with Gasteiger partial charge in [-0.1, -0.05) is 78.9 Å². The Hall–Kier alpha value is -6.20. The van der Waals surface area contributed by atoms with Gasteiger partial charge in [0.05, 0.1) is 11.0 Å². The van der Waals surface area contributed by atoms with Gasteiger partial charge in [0.2, 0.25) is 0 Å². The van der Waals surface area contributed by atoms with Gasteiger partial charge in [0, 0.05) is 43.7 Å². The molecule has 0 saturated carbocycles. The van der Waals surface area contributed by atoms with Crippen molar-refractivity contribution in [1.29, 1.82) is 0 Å². The molecule has 0 unspecified atom stereocenters. The minimum Gasteiger partial charge on any atom is -0.456 e. The zero-order chi connectivity index (χ0) is 29.5. The van der Waals surface area contributed by atoms with Crippen LogP contribution in [0.4, 0.5) is 0 Å². The third-order valence-electron chi connectivity index (χ3n) is 8.83. The summed E-state index contributed by atoms with van der Waals surface area (Å²) in [5, 5.41) is 5.66. The lowest BCUT2D eigenvalue weighted by atomic mass is 10.1. The van der Waals surface area contributed by atoms with E-state index in [1.165, 1.54) is 10.8 Å². The largest absolute Gasteiger partial charge is 0.456 e. The molecule has 5 heteroatoms. The van der Waals surface area contributed by atoms with Gasteiger partial charge in [-0.25, -0.2) is 9.97 Å². The maximum atomic E-state index is 6.30. The van der Waals surface area contributed by atoms with Crippen molar-refractivity contribution >= 4 is 65.8 Å². The fourth-order valence-corrected chi connectivity index (χ4v) is 6.82. The number of nitrogens with zero attached hydrogens (tertiary/aromatic N) is 3. The van der Waals surface area contributed by atoms with E-state index in [-0.39, 0.29) is 0 Å². The molecule has 0 aliphatic heterocycles. The van der Waals surface area contributed by atoms with Gasteiger partial charge in [-0.2, -0.15) is 0 Å². The van der Waals surface area contributed by atoms with E-state index in [1.807, 2.05) is 48.5 Å². The van der Waals surface area contributed by atoms with E-state index >= 15 is 0 Å². The molecule has 0 N–H and O–H groups in total. The van der Waals surface area contributed by atoms with Gasteiger partial charge in [0.15, 0.2) is 11.4 Å². The van der Waals surface area contributed by atoms with Crippen molar-refractivity contribution in [1.82, 2.24) is 14.5 Å². The molecular weight excluding hydrogens is 554 g/mol. The molecule has 0 aliphatic rings. The molecule has 210 valence electrons. The van der Waals surface area contributed by atoms with Gasteiger partial charge >= 0.3 is 0 Å². The molecule has 0 spiro atoms. The molecule has 0 bridgehead atoms. The number of hydrogen-bond acceptors (Lipinski definition) is 4. The highest BCUT2D eigenvalue weighted by Crippen LogP contribution is 2.41. The summed E-state index contributed by atoms with van der Waals surface area (Å²) in [6.45, 7) is 0. The smallest absolute Gasteiger partial charge is 0.180 e. The Morgan fingerprint density at radius 2 is 1.13 bits per heavy atom. The lowest BCUT2D eigenvalue weighted by molar-refractivity contribution is 0.667. The van der Waals surface area contributed by atoms with E-state index in [0.29, 0.717) is 11.4 Å². The summed E-state index contributed by atoms with van der Waals surface area (Å²) in [5.74, 6) is 0.660. The van der Waals surface area contributed by atoms with Crippen LogP contribution in [0.2, 0.25) is 0 Å². The first-order valence-electron chi connectivity index (χ1n) is 15.0. The molecule has 0 radical (unpaired) electrons. The van der Waals surface area contributed by atoms with Gasteiger partial charge in [-0.05, 0) is 60.7 Å². The van der Waals surface area contributed by atoms with Crippen molar-refractivity contribution in [2.75, 3.05) is 0 Å². The molecule has 5 nitrogen and oxygen atoms in total. The number of fused-ring (bicyclic) bond motifs is 10. The van der Waals surface area contributed by atoms with Crippen molar-refractivity contribution in [3.8, 4) is 28.3 Å². The van der Waals surface area contributed by atoms with Gasteiger partial charge in [-0.3, -0.25) is 0 Å². The summed E-state index contributed by atoms with van der Waals surface area (Å²) in [4.78, 5) is 10.1. The first-order chi connectivity index (χ1) is 22.3. The Morgan fingerprint density at radius 1 is 0.444 bits per heavy atom. The van der Waals surface area contributed by atoms with E-state index < -0.39 is 0 Å². The molecule has 0 saturated heterocycles. The van der Waals surface area contributed by atoms with Crippen LogP contribution < -0.4 is 0 Å². The van der Waals surface area contributed by atoms with Crippen LogP contribution in [0.3, 0.4) is 0 Å². The van der Waals surface area contributed by atoms with Gasteiger partial charge in [0.1, 0.15) is 28.0 Å². The van der Waals surface area contributed by atoms with Crippen LogP contribution in [-0.4, -0.2) is 14.5 Å². The van der Waals surface area contributed by atoms with Crippen molar-refractivity contribution < 1.29 is 8.83 Å². The number of benzene rings is 6. The predicted molar refractivity (Wildman–Crippen MR) is 182 cm³/mol. The molecule has 0 amide bonds. The van der Waals surface area contributed by atoms with Gasteiger partial charge < -0.3 is 13.4 Å². The van der Waals surface area contributed by atoms with E-state index in [9.17, 15) is 0 Å². The van der Waals surface area contributed by atoms with Crippen molar-refractivity contribution in [3.05, 3.63) is 140 Å². The van der Waals surface area contributed by atoms with Crippen LogP contribution in [0.5, 0.6) is 0 Å². The monoisotopic (exact) mass is 577 g/mol. The molecule has 45 heavy (non-hydrogen) atoms. The highest BCUT2D eigenvalue weighted by Gasteiger charge is 2.20. The first-order valence-corrected chi connectivity index (χ1v) is 15.0. The fourth-order valence-electron chi connectivity index (χ4n) is 6.82. The third kappa shape index (κ3) is 3.49. The molecule has 6 aromatic carbocycles. The summed E-state index contributed by atoms with van der Waals surface area (Å²) in [5.41, 5.74) is 10.2. The summed E-state index contributed by atoms with van der Waals surface area (Å²) in [6, 6.07) is 47.8. The summed E-state index contributed by atoms with van der Waals surface area (Å²) >= 11 is 0. The Kier molecular flexibility index (Phi) is 4.93. The second-order valence-electron chi connectivity index (χ2n) is 11.4. The highest BCUT2D eigenvalue weighted by atomic mass is 16.3. The molecule has 0 aliphatic carbocycles. The molecule has 4 heterocycles. The average Bonchev–Trinajstić information content (AvgIpc) is 3.78. The second-order valence-corrected chi connectivity index (χ2v) is 11.4. The van der Waals surface area contributed by atoms with Crippen molar-refractivity contribution in [3.63, 3.8) is 0 Å². The first kappa shape index (κ1) is 24.3. The topological polar surface area (TPSA) is 57.0 Å². The Bertz CT molecular complexity index is 2750. The predicted octanol–water partition coefficient (Wildman–Crippen LogP) is 10.7.